The van der Waals surface area contributed by atoms with Crippen LogP contribution >= 0.6 is 0 Å². The van der Waals surface area contributed by atoms with E-state index >= 15 is 0 Å². The molecule has 4 aromatic rings. The fourth-order valence-electron chi connectivity index (χ4n) is 2.24. The molecule has 1 aromatic carbocycles. The molecule has 0 fully saturated rings. The van der Waals surface area contributed by atoms with Crippen LogP contribution in [0.1, 0.15) is 5.69 Å². The highest BCUT2D eigenvalue weighted by atomic mass is 15.5. The molecule has 0 saturated heterocycles. The molecule has 3 aromatic heterocycles. The molecule has 0 bridgehead atoms. The number of nitrogens with zero attached hydrogens (tertiary/aromatic N) is 6. The largest absolute Gasteiger partial charge is 0.236 e. The Balaban J connectivity index is 1.93. The summed E-state index contributed by atoms with van der Waals surface area (Å²) in [5.41, 5.74) is 3.31. The monoisotopic (exact) mass is 276 g/mol. The third-order valence-electron chi connectivity index (χ3n) is 3.24. The molecule has 0 aliphatic heterocycles. The summed E-state index contributed by atoms with van der Waals surface area (Å²) in [5, 5.41) is 13.5. The normalized spacial score (nSPS) is 11.1. The lowest BCUT2D eigenvalue weighted by molar-refractivity contribution is 0.723. The van der Waals surface area contributed by atoms with Gasteiger partial charge in [0.25, 0.3) is 0 Å². The van der Waals surface area contributed by atoms with Gasteiger partial charge >= 0.3 is 0 Å². The van der Waals surface area contributed by atoms with Crippen molar-refractivity contribution < 1.29 is 0 Å². The smallest absolute Gasteiger partial charge is 0.206 e. The van der Waals surface area contributed by atoms with Crippen LogP contribution in [0.2, 0.25) is 0 Å². The molecule has 0 aliphatic rings. The van der Waals surface area contributed by atoms with Gasteiger partial charge in [0, 0.05) is 6.20 Å². The van der Waals surface area contributed by atoms with Crippen molar-refractivity contribution in [3.05, 3.63) is 60.4 Å². The Morgan fingerprint density at radius 2 is 1.67 bits per heavy atom. The SMILES string of the molecule is Cc1nn(-c2ccccc2)c2nn(-c3ccccn3)nc12. The molecular weight excluding hydrogens is 264 g/mol. The van der Waals surface area contributed by atoms with Crippen molar-refractivity contribution in [3.8, 4) is 11.5 Å². The van der Waals surface area contributed by atoms with Gasteiger partial charge in [0.1, 0.15) is 0 Å². The summed E-state index contributed by atoms with van der Waals surface area (Å²) >= 11 is 0. The van der Waals surface area contributed by atoms with Crippen LogP contribution < -0.4 is 0 Å². The van der Waals surface area contributed by atoms with Gasteiger partial charge in [-0.15, -0.1) is 15.0 Å². The van der Waals surface area contributed by atoms with Gasteiger partial charge in [0.15, 0.2) is 11.3 Å². The summed E-state index contributed by atoms with van der Waals surface area (Å²) < 4.78 is 1.80. The Hall–Kier alpha value is -3.02. The first kappa shape index (κ1) is 11.8. The second-order valence-electron chi connectivity index (χ2n) is 4.68. The summed E-state index contributed by atoms with van der Waals surface area (Å²) in [5.74, 6) is 0.688. The van der Waals surface area contributed by atoms with E-state index in [0.29, 0.717) is 5.82 Å². The molecule has 0 spiro atoms. The van der Waals surface area contributed by atoms with E-state index in [4.69, 9.17) is 0 Å². The fourth-order valence-corrected chi connectivity index (χ4v) is 2.24. The van der Waals surface area contributed by atoms with E-state index in [1.807, 2.05) is 55.5 Å². The van der Waals surface area contributed by atoms with Gasteiger partial charge in [-0.3, -0.25) is 0 Å². The summed E-state index contributed by atoms with van der Waals surface area (Å²) in [6.45, 7) is 1.93. The van der Waals surface area contributed by atoms with Crippen LogP contribution in [0.5, 0.6) is 0 Å². The van der Waals surface area contributed by atoms with Gasteiger partial charge in [-0.1, -0.05) is 24.3 Å². The molecule has 6 heteroatoms. The maximum absolute atomic E-state index is 4.52. The van der Waals surface area contributed by atoms with Crippen molar-refractivity contribution >= 4 is 11.2 Å². The zero-order chi connectivity index (χ0) is 14.2. The van der Waals surface area contributed by atoms with Crippen LogP contribution in [0.25, 0.3) is 22.7 Å². The van der Waals surface area contributed by atoms with E-state index in [-0.39, 0.29) is 0 Å². The second-order valence-corrected chi connectivity index (χ2v) is 4.68. The lowest BCUT2D eigenvalue weighted by Crippen LogP contribution is -2.03. The van der Waals surface area contributed by atoms with Gasteiger partial charge in [0.2, 0.25) is 5.65 Å². The van der Waals surface area contributed by atoms with Crippen LogP contribution in [-0.2, 0) is 0 Å². The Kier molecular flexibility index (Phi) is 2.53. The summed E-state index contributed by atoms with van der Waals surface area (Å²) in [6, 6.07) is 15.5. The number of aromatic nitrogens is 6. The Morgan fingerprint density at radius 3 is 2.43 bits per heavy atom. The van der Waals surface area contributed by atoms with Crippen molar-refractivity contribution in [1.29, 1.82) is 0 Å². The quantitative estimate of drug-likeness (QED) is 0.563. The van der Waals surface area contributed by atoms with Crippen molar-refractivity contribution in [1.82, 2.24) is 29.8 Å². The molecular formula is C15H12N6. The third kappa shape index (κ3) is 1.88. The van der Waals surface area contributed by atoms with Crippen LogP contribution in [0.15, 0.2) is 54.7 Å². The Morgan fingerprint density at radius 1 is 0.857 bits per heavy atom. The number of hydrogen-bond donors (Lipinski definition) is 0. The number of hydrogen-bond acceptors (Lipinski definition) is 4. The van der Waals surface area contributed by atoms with E-state index in [1.54, 1.807) is 15.7 Å². The van der Waals surface area contributed by atoms with Crippen LogP contribution in [0.3, 0.4) is 0 Å². The summed E-state index contributed by atoms with van der Waals surface area (Å²) in [6.07, 6.45) is 1.72. The molecule has 0 atom stereocenters. The predicted molar refractivity (Wildman–Crippen MR) is 78.5 cm³/mol. The first-order valence-corrected chi connectivity index (χ1v) is 6.62. The van der Waals surface area contributed by atoms with Crippen molar-refractivity contribution in [2.75, 3.05) is 0 Å². The lowest BCUT2D eigenvalue weighted by atomic mass is 10.3. The molecule has 0 radical (unpaired) electrons. The molecule has 3 heterocycles. The maximum atomic E-state index is 4.52. The molecule has 0 aliphatic carbocycles. The van der Waals surface area contributed by atoms with E-state index in [1.165, 1.54) is 0 Å². The second kappa shape index (κ2) is 4.52. The zero-order valence-electron chi connectivity index (χ0n) is 11.4. The average molecular weight is 276 g/mol. The molecule has 102 valence electrons. The van der Waals surface area contributed by atoms with Gasteiger partial charge in [-0.2, -0.15) is 5.10 Å². The van der Waals surface area contributed by atoms with Gasteiger partial charge in [-0.25, -0.2) is 9.67 Å². The van der Waals surface area contributed by atoms with Gasteiger partial charge < -0.3 is 0 Å². The number of fused-ring (bicyclic) bond motifs is 1. The summed E-state index contributed by atoms with van der Waals surface area (Å²) in [4.78, 5) is 5.80. The number of para-hydroxylation sites is 1. The topological polar surface area (TPSA) is 61.4 Å². The van der Waals surface area contributed by atoms with Crippen LogP contribution in [0, 0.1) is 6.92 Å². The number of pyridine rings is 1. The lowest BCUT2D eigenvalue weighted by Gasteiger charge is -2.00. The molecule has 21 heavy (non-hydrogen) atoms. The zero-order valence-corrected chi connectivity index (χ0v) is 11.4. The first-order valence-electron chi connectivity index (χ1n) is 6.62. The van der Waals surface area contributed by atoms with E-state index in [0.717, 1.165) is 22.5 Å². The minimum Gasteiger partial charge on any atom is -0.236 e. The van der Waals surface area contributed by atoms with Crippen LogP contribution in [-0.4, -0.2) is 29.8 Å². The predicted octanol–water partition coefficient (Wildman–Crippen LogP) is 2.31. The minimum atomic E-state index is 0.688. The van der Waals surface area contributed by atoms with Crippen molar-refractivity contribution in [3.63, 3.8) is 0 Å². The van der Waals surface area contributed by atoms with Gasteiger partial charge in [0.05, 0.1) is 11.4 Å². The molecule has 0 amide bonds. The average Bonchev–Trinajstić information content (AvgIpc) is 3.10. The van der Waals surface area contributed by atoms with Crippen molar-refractivity contribution in [2.45, 2.75) is 6.92 Å². The van der Waals surface area contributed by atoms with E-state index in [2.05, 4.69) is 20.3 Å². The molecule has 0 unspecified atom stereocenters. The highest BCUT2D eigenvalue weighted by Crippen LogP contribution is 2.19. The Bertz CT molecular complexity index is 892. The highest BCUT2D eigenvalue weighted by Gasteiger charge is 2.15. The number of rotatable bonds is 2. The first-order chi connectivity index (χ1) is 10.3. The van der Waals surface area contributed by atoms with E-state index in [9.17, 15) is 0 Å². The molecule has 0 N–H and O–H groups in total. The minimum absolute atomic E-state index is 0.688. The Labute approximate surface area is 120 Å². The number of aryl methyl sites for hydroxylation is 1. The van der Waals surface area contributed by atoms with Crippen LogP contribution in [0.4, 0.5) is 0 Å². The summed E-state index contributed by atoms with van der Waals surface area (Å²) in [7, 11) is 0. The number of benzene rings is 1. The fraction of sp³-hybridized carbons (Fsp3) is 0.0667. The highest BCUT2D eigenvalue weighted by molar-refractivity contribution is 5.75. The van der Waals surface area contributed by atoms with Gasteiger partial charge in [-0.05, 0) is 31.2 Å². The van der Waals surface area contributed by atoms with Crippen molar-refractivity contribution in [2.24, 2.45) is 0 Å². The maximum Gasteiger partial charge on any atom is 0.206 e. The third-order valence-corrected chi connectivity index (χ3v) is 3.24. The van der Waals surface area contributed by atoms with E-state index < -0.39 is 0 Å². The molecule has 6 nitrogen and oxygen atoms in total. The standard InChI is InChI=1S/C15H12N6/c1-11-14-15(20(17-11)12-7-3-2-4-8-12)19-21(18-14)13-9-5-6-10-16-13/h2-10H,1H3. The molecule has 4 rings (SSSR count). The molecule has 0 saturated carbocycles.